The Hall–Kier alpha value is -3.12. The first-order valence-corrected chi connectivity index (χ1v) is 14.2. The number of imidazole rings is 2. The van der Waals surface area contributed by atoms with Crippen molar-refractivity contribution in [2.45, 2.75) is 44.7 Å². The highest BCUT2D eigenvalue weighted by molar-refractivity contribution is 5.85. The molecular weight excluding hydrogens is 494 g/mol. The Balaban J connectivity index is 1.25. The third kappa shape index (κ3) is 4.67. The van der Waals surface area contributed by atoms with Crippen LogP contribution in [0.1, 0.15) is 44.3 Å². The number of nitrogens with zero attached hydrogens (tertiary/aromatic N) is 8. The van der Waals surface area contributed by atoms with Crippen LogP contribution in [0.2, 0.25) is 0 Å². The van der Waals surface area contributed by atoms with Gasteiger partial charge in [0.25, 0.3) is 0 Å². The lowest BCUT2D eigenvalue weighted by atomic mass is 10.0. The third-order valence-corrected chi connectivity index (χ3v) is 8.40. The van der Waals surface area contributed by atoms with Gasteiger partial charge in [-0.05, 0) is 38.8 Å². The zero-order valence-corrected chi connectivity index (χ0v) is 22.8. The first kappa shape index (κ1) is 24.9. The van der Waals surface area contributed by atoms with Crippen LogP contribution in [0.4, 0.5) is 5.82 Å². The van der Waals surface area contributed by atoms with E-state index in [1.807, 2.05) is 12.1 Å². The summed E-state index contributed by atoms with van der Waals surface area (Å²) in [5.74, 6) is 3.91. The topological polar surface area (TPSA) is 111 Å². The lowest BCUT2D eigenvalue weighted by Gasteiger charge is -2.43. The summed E-state index contributed by atoms with van der Waals surface area (Å²) in [7, 11) is 0. The quantitative estimate of drug-likeness (QED) is 0.371. The highest BCUT2D eigenvalue weighted by atomic mass is 16.5. The molecule has 1 aliphatic carbocycles. The molecule has 1 saturated carbocycles. The Morgan fingerprint density at radius 2 is 1.74 bits per heavy atom. The Morgan fingerprint density at radius 1 is 0.974 bits per heavy atom. The number of piperazine rings is 1. The molecular formula is C28H37N9O2. The summed E-state index contributed by atoms with van der Waals surface area (Å²) in [4.78, 5) is 30.8. The molecule has 11 heteroatoms. The molecule has 39 heavy (non-hydrogen) atoms. The number of morpholine rings is 1. The van der Waals surface area contributed by atoms with Gasteiger partial charge in [0.1, 0.15) is 17.2 Å². The van der Waals surface area contributed by atoms with E-state index in [2.05, 4.69) is 50.2 Å². The van der Waals surface area contributed by atoms with Crippen molar-refractivity contribution in [3.63, 3.8) is 0 Å². The third-order valence-electron chi connectivity index (χ3n) is 8.40. The van der Waals surface area contributed by atoms with E-state index < -0.39 is 0 Å². The molecule has 1 aromatic carbocycles. The minimum absolute atomic E-state index is 0.163. The fourth-order valence-electron chi connectivity index (χ4n) is 5.79. The molecule has 2 N–H and O–H groups in total. The molecule has 2 aliphatic heterocycles. The highest BCUT2D eigenvalue weighted by Gasteiger charge is 2.32. The van der Waals surface area contributed by atoms with Crippen LogP contribution in [-0.4, -0.2) is 109 Å². The average Bonchev–Trinajstić information content (AvgIpc) is 3.62. The zero-order chi connectivity index (χ0) is 26.6. The fourth-order valence-corrected chi connectivity index (χ4v) is 5.79. The molecule has 0 radical (unpaired) electrons. The van der Waals surface area contributed by atoms with Crippen molar-refractivity contribution in [2.75, 3.05) is 64.0 Å². The number of aromatic amines is 1. The van der Waals surface area contributed by atoms with Gasteiger partial charge in [0.15, 0.2) is 11.5 Å². The van der Waals surface area contributed by atoms with Gasteiger partial charge in [-0.3, -0.25) is 14.4 Å². The van der Waals surface area contributed by atoms with Gasteiger partial charge in [0.2, 0.25) is 5.95 Å². The number of hydrogen-bond donors (Lipinski definition) is 2. The number of hydrogen-bond acceptors (Lipinski definition) is 9. The van der Waals surface area contributed by atoms with Crippen molar-refractivity contribution < 1.29 is 9.84 Å². The molecule has 7 rings (SSSR count). The van der Waals surface area contributed by atoms with Crippen LogP contribution in [0.5, 0.6) is 0 Å². The van der Waals surface area contributed by atoms with Gasteiger partial charge in [-0.1, -0.05) is 12.1 Å². The van der Waals surface area contributed by atoms with E-state index in [0.717, 1.165) is 92.7 Å². The summed E-state index contributed by atoms with van der Waals surface area (Å²) in [6, 6.07) is 8.24. The number of benzene rings is 1. The van der Waals surface area contributed by atoms with Gasteiger partial charge in [0.05, 0.1) is 37.4 Å². The molecule has 4 aromatic rings. The Labute approximate surface area is 227 Å². The summed E-state index contributed by atoms with van der Waals surface area (Å²) < 4.78 is 7.79. The molecule has 11 nitrogen and oxygen atoms in total. The minimum Gasteiger partial charge on any atom is -0.394 e. The monoisotopic (exact) mass is 531 g/mol. The summed E-state index contributed by atoms with van der Waals surface area (Å²) in [6.07, 6.45) is 2.30. The molecule has 0 atom stereocenters. The Morgan fingerprint density at radius 3 is 2.49 bits per heavy atom. The van der Waals surface area contributed by atoms with Crippen LogP contribution < -0.4 is 4.90 Å². The standard InChI is InChI=1S/C28H37N9O2/c1-28(2,18-38)36-11-9-34(10-12-36)17-22-30-23-24(31-22)32-27(33-26(23)35-13-15-39-16-14-35)37-21-6-4-3-5-20(21)29-25(37)19-7-8-19/h3-6,19,38H,7-18H2,1-2H3,(H,30,31,32,33). The predicted molar refractivity (Wildman–Crippen MR) is 149 cm³/mol. The summed E-state index contributed by atoms with van der Waals surface area (Å²) >= 11 is 0. The van der Waals surface area contributed by atoms with E-state index in [0.29, 0.717) is 30.7 Å². The molecule has 3 aliphatic rings. The second-order valence-electron chi connectivity index (χ2n) is 11.6. The van der Waals surface area contributed by atoms with Crippen molar-refractivity contribution >= 4 is 28.0 Å². The van der Waals surface area contributed by atoms with E-state index in [1.165, 1.54) is 0 Å². The smallest absolute Gasteiger partial charge is 0.239 e. The molecule has 0 amide bonds. The number of fused-ring (bicyclic) bond motifs is 2. The normalized spacial score (nSPS) is 19.9. The van der Waals surface area contributed by atoms with Crippen molar-refractivity contribution in [3.8, 4) is 5.95 Å². The number of para-hydroxylation sites is 2. The number of rotatable bonds is 7. The van der Waals surface area contributed by atoms with Gasteiger partial charge >= 0.3 is 0 Å². The Kier molecular flexibility index (Phi) is 6.26. The Bertz CT molecular complexity index is 1480. The number of aliphatic hydroxyl groups is 1. The van der Waals surface area contributed by atoms with Crippen LogP contribution in [0.25, 0.3) is 28.1 Å². The van der Waals surface area contributed by atoms with E-state index in [9.17, 15) is 5.11 Å². The zero-order valence-electron chi connectivity index (χ0n) is 22.8. The van der Waals surface area contributed by atoms with Gasteiger partial charge in [-0.15, -0.1) is 0 Å². The molecule has 2 saturated heterocycles. The van der Waals surface area contributed by atoms with E-state index in [4.69, 9.17) is 24.7 Å². The minimum atomic E-state index is -0.193. The second-order valence-corrected chi connectivity index (χ2v) is 11.6. The van der Waals surface area contributed by atoms with Crippen molar-refractivity contribution in [1.29, 1.82) is 0 Å². The van der Waals surface area contributed by atoms with Crippen LogP contribution in [0.15, 0.2) is 24.3 Å². The molecule has 206 valence electrons. The summed E-state index contributed by atoms with van der Waals surface area (Å²) in [5.41, 5.74) is 3.39. The van der Waals surface area contributed by atoms with Crippen LogP contribution in [-0.2, 0) is 11.3 Å². The molecule has 3 aromatic heterocycles. The largest absolute Gasteiger partial charge is 0.394 e. The molecule has 5 heterocycles. The lowest BCUT2D eigenvalue weighted by Crippen LogP contribution is -2.55. The maximum atomic E-state index is 9.76. The summed E-state index contributed by atoms with van der Waals surface area (Å²) in [5, 5.41) is 9.76. The van der Waals surface area contributed by atoms with E-state index >= 15 is 0 Å². The molecule has 0 spiro atoms. The SMILES string of the molecule is CC(C)(CO)N1CCN(Cc2nc3nc(-n4c(C5CC5)nc5ccccc54)nc(N4CCOCC4)c3[nH]2)CC1. The summed E-state index contributed by atoms with van der Waals surface area (Å²) in [6.45, 7) is 11.7. The number of ether oxygens (including phenoxy) is 1. The van der Waals surface area contributed by atoms with Gasteiger partial charge < -0.3 is 19.7 Å². The number of H-pyrrole nitrogens is 1. The maximum Gasteiger partial charge on any atom is 0.239 e. The van der Waals surface area contributed by atoms with Gasteiger partial charge in [-0.25, -0.2) is 9.97 Å². The number of anilines is 1. The van der Waals surface area contributed by atoms with Crippen molar-refractivity contribution in [2.24, 2.45) is 0 Å². The lowest BCUT2D eigenvalue weighted by molar-refractivity contribution is 0.0143. The highest BCUT2D eigenvalue weighted by Crippen LogP contribution is 2.41. The van der Waals surface area contributed by atoms with Crippen LogP contribution in [0, 0.1) is 0 Å². The first-order valence-electron chi connectivity index (χ1n) is 14.2. The van der Waals surface area contributed by atoms with Gasteiger partial charge in [-0.2, -0.15) is 9.97 Å². The van der Waals surface area contributed by atoms with Crippen molar-refractivity contribution in [1.82, 2.24) is 39.3 Å². The predicted octanol–water partition coefficient (Wildman–Crippen LogP) is 2.29. The number of nitrogens with one attached hydrogen (secondary N) is 1. The van der Waals surface area contributed by atoms with Crippen LogP contribution >= 0.6 is 0 Å². The van der Waals surface area contributed by atoms with E-state index in [-0.39, 0.29) is 12.1 Å². The molecule has 0 unspecified atom stereocenters. The van der Waals surface area contributed by atoms with Crippen molar-refractivity contribution in [3.05, 3.63) is 35.9 Å². The van der Waals surface area contributed by atoms with E-state index in [1.54, 1.807) is 0 Å². The molecule has 0 bridgehead atoms. The average molecular weight is 532 g/mol. The number of aliphatic hydroxyl groups excluding tert-OH is 1. The maximum absolute atomic E-state index is 9.76. The second kappa shape index (κ2) is 9.81. The fraction of sp³-hybridized carbons (Fsp3) is 0.571. The van der Waals surface area contributed by atoms with Gasteiger partial charge in [0, 0.05) is 50.7 Å². The molecule has 3 fully saturated rings. The first-order chi connectivity index (χ1) is 19.0. The number of aromatic nitrogens is 6. The van der Waals surface area contributed by atoms with Crippen LogP contribution in [0.3, 0.4) is 0 Å².